The van der Waals surface area contributed by atoms with Crippen molar-refractivity contribution in [1.29, 1.82) is 0 Å². The zero-order chi connectivity index (χ0) is 16.7. The standard InChI is InChI=1S/2C8H13Si.C2H6Si.Zr/c2*1-9(2,3)8-6-4-5-7-8;1-3-2;/h2*4-7H,1-3H3;1-2H3;. The molecule has 0 amide bonds. The van der Waals surface area contributed by atoms with Gasteiger partial charge in [0.1, 0.15) is 0 Å². The van der Waals surface area contributed by atoms with Gasteiger partial charge in [0.15, 0.2) is 0 Å². The third-order valence-electron chi connectivity index (χ3n) is 4.71. The average molecular weight is 424 g/mol. The van der Waals surface area contributed by atoms with Crippen molar-refractivity contribution in [2.45, 2.75) is 59.6 Å². The van der Waals surface area contributed by atoms with Gasteiger partial charge in [0, 0.05) is 0 Å². The van der Waals surface area contributed by atoms with Gasteiger partial charge in [-0.05, 0) is 0 Å². The molecule has 2 unspecified atom stereocenters. The van der Waals surface area contributed by atoms with Gasteiger partial charge in [0.25, 0.3) is 0 Å². The molecule has 0 saturated heterocycles. The molecule has 0 aromatic carbocycles. The van der Waals surface area contributed by atoms with Gasteiger partial charge in [-0.15, -0.1) is 0 Å². The molecule has 120 valence electrons. The molecule has 0 bridgehead atoms. The Bertz CT molecular complexity index is 555. The zero-order valence-corrected chi connectivity index (χ0v) is 21.1. The topological polar surface area (TPSA) is 0 Å². The fourth-order valence-corrected chi connectivity index (χ4v) is 24.3. The molecule has 2 atom stereocenters. The Morgan fingerprint density at radius 3 is 1.36 bits per heavy atom. The molecule has 0 radical (unpaired) electrons. The van der Waals surface area contributed by atoms with E-state index in [2.05, 4.69) is 88.8 Å². The van der Waals surface area contributed by atoms with Crippen LogP contribution in [0.2, 0.25) is 59.6 Å². The molecule has 0 nitrogen and oxygen atoms in total. The van der Waals surface area contributed by atoms with Gasteiger partial charge in [-0.2, -0.15) is 0 Å². The van der Waals surface area contributed by atoms with Crippen LogP contribution in [-0.4, -0.2) is 21.6 Å². The van der Waals surface area contributed by atoms with Gasteiger partial charge < -0.3 is 0 Å². The van der Waals surface area contributed by atoms with E-state index in [1.54, 1.807) is 10.4 Å². The van der Waals surface area contributed by atoms with Crippen LogP contribution < -0.4 is 0 Å². The molecular weight excluding hydrogens is 392 g/mol. The van der Waals surface area contributed by atoms with Crippen molar-refractivity contribution in [2.24, 2.45) is 0 Å². The molecule has 0 spiro atoms. The van der Waals surface area contributed by atoms with Gasteiger partial charge >= 0.3 is 148 Å². The molecule has 2 aliphatic carbocycles. The van der Waals surface area contributed by atoms with E-state index in [0.29, 0.717) is 0 Å². The second-order valence-electron chi connectivity index (χ2n) is 8.97. The molecule has 22 heavy (non-hydrogen) atoms. The normalized spacial score (nSPS) is 24.5. The van der Waals surface area contributed by atoms with Gasteiger partial charge in [-0.3, -0.25) is 0 Å². The van der Waals surface area contributed by atoms with Crippen LogP contribution in [0.15, 0.2) is 46.8 Å². The van der Waals surface area contributed by atoms with Crippen molar-refractivity contribution in [3.63, 3.8) is 0 Å². The third kappa shape index (κ3) is 4.31. The van der Waals surface area contributed by atoms with Gasteiger partial charge in [0.2, 0.25) is 0 Å². The molecular formula is C18H32Si3Zr. The summed E-state index contributed by atoms with van der Waals surface area (Å²) in [4.78, 5) is 0. The minimum atomic E-state index is -1.49. The van der Waals surface area contributed by atoms with Crippen LogP contribution >= 0.6 is 0 Å². The first-order valence-corrected chi connectivity index (χ1v) is 24.5. The van der Waals surface area contributed by atoms with Crippen molar-refractivity contribution in [3.8, 4) is 0 Å². The van der Waals surface area contributed by atoms with Crippen LogP contribution in [0.1, 0.15) is 0 Å². The second-order valence-corrected chi connectivity index (χ2v) is 37.4. The number of rotatable bonds is 4. The summed E-state index contributed by atoms with van der Waals surface area (Å²) in [7, 11) is -2.28. The van der Waals surface area contributed by atoms with Crippen LogP contribution in [0.5, 0.6) is 0 Å². The van der Waals surface area contributed by atoms with Gasteiger partial charge in [-0.25, -0.2) is 0 Å². The van der Waals surface area contributed by atoms with E-state index in [4.69, 9.17) is 0 Å². The summed E-state index contributed by atoms with van der Waals surface area (Å²) in [5, 5.41) is 3.41. The first-order chi connectivity index (χ1) is 10.00. The first-order valence-electron chi connectivity index (χ1n) is 8.48. The van der Waals surface area contributed by atoms with Gasteiger partial charge in [-0.1, -0.05) is 0 Å². The van der Waals surface area contributed by atoms with Crippen LogP contribution in [0.4, 0.5) is 0 Å². The number of hydrogen-bond donors (Lipinski definition) is 0. The Hall–Kier alpha value is 0.494. The number of allylic oxidation sites excluding steroid dienone is 8. The SMILES string of the molecule is C[Si](C)=[Zr]([CH]1C=CC([Si](C)(C)C)=C1)[CH]1C=CC([Si](C)(C)C)=C1. The molecule has 2 rings (SSSR count). The molecule has 0 aliphatic heterocycles. The molecule has 2 aliphatic rings. The Labute approximate surface area is 147 Å². The predicted octanol–water partition coefficient (Wildman–Crippen LogP) is 6.18. The van der Waals surface area contributed by atoms with Crippen LogP contribution in [0.3, 0.4) is 0 Å². The van der Waals surface area contributed by atoms with E-state index in [9.17, 15) is 0 Å². The maximum absolute atomic E-state index is 2.70. The zero-order valence-electron chi connectivity index (χ0n) is 15.6. The summed E-state index contributed by atoms with van der Waals surface area (Å²) in [5.41, 5.74) is -0.139. The minimum absolute atomic E-state index is 0.139. The van der Waals surface area contributed by atoms with Crippen molar-refractivity contribution >= 4 is 21.6 Å². The van der Waals surface area contributed by atoms with Crippen LogP contribution in [0.25, 0.3) is 0 Å². The second kappa shape index (κ2) is 6.78. The van der Waals surface area contributed by atoms with E-state index in [1.165, 1.54) is 0 Å². The predicted molar refractivity (Wildman–Crippen MR) is 106 cm³/mol. The summed E-state index contributed by atoms with van der Waals surface area (Å²) in [5.74, 6) is 0. The van der Waals surface area contributed by atoms with Crippen molar-refractivity contribution < 1.29 is 20.4 Å². The fourth-order valence-electron chi connectivity index (χ4n) is 3.30. The average Bonchev–Trinajstić information content (AvgIpc) is 2.95. The van der Waals surface area contributed by atoms with E-state index in [0.717, 1.165) is 7.25 Å². The third-order valence-corrected chi connectivity index (χ3v) is 27.8. The molecule has 0 aromatic heterocycles. The molecule has 0 aromatic rings. The first kappa shape index (κ1) is 18.8. The van der Waals surface area contributed by atoms with Crippen molar-refractivity contribution in [3.05, 3.63) is 46.8 Å². The molecule has 0 fully saturated rings. The Kier molecular flexibility index (Phi) is 5.80. The Morgan fingerprint density at radius 2 is 1.14 bits per heavy atom. The monoisotopic (exact) mass is 422 g/mol. The maximum atomic E-state index is 2.70. The molecule has 0 saturated carbocycles. The molecule has 0 heterocycles. The summed E-state index contributed by atoms with van der Waals surface area (Å²) in [6, 6.07) is 0. The number of hydrogen-bond acceptors (Lipinski definition) is 0. The summed E-state index contributed by atoms with van der Waals surface area (Å²) >= 11 is -1.49. The van der Waals surface area contributed by atoms with E-state index >= 15 is 0 Å². The van der Waals surface area contributed by atoms with Gasteiger partial charge in [0.05, 0.1) is 0 Å². The van der Waals surface area contributed by atoms with E-state index in [1.807, 2.05) is 0 Å². The van der Waals surface area contributed by atoms with Crippen molar-refractivity contribution in [2.75, 3.05) is 0 Å². The fraction of sp³-hybridized carbons (Fsp3) is 0.556. The molecule has 0 N–H and O–H groups in total. The summed E-state index contributed by atoms with van der Waals surface area (Å²) in [6.07, 6.45) is 15.6. The van der Waals surface area contributed by atoms with E-state index in [-0.39, 0.29) is 5.43 Å². The summed E-state index contributed by atoms with van der Waals surface area (Å²) in [6.45, 7) is 20.1. The Balaban J connectivity index is 2.32. The van der Waals surface area contributed by atoms with E-state index < -0.39 is 36.5 Å². The van der Waals surface area contributed by atoms with Crippen molar-refractivity contribution in [1.82, 2.24) is 0 Å². The Morgan fingerprint density at radius 1 is 0.773 bits per heavy atom. The quantitative estimate of drug-likeness (QED) is 0.473. The summed E-state index contributed by atoms with van der Waals surface area (Å²) < 4.78 is 1.72. The van der Waals surface area contributed by atoms with Crippen LogP contribution in [-0.2, 0) is 20.4 Å². The van der Waals surface area contributed by atoms with Crippen LogP contribution in [0, 0.1) is 0 Å². The molecule has 4 heteroatoms.